The molecule has 1 aliphatic heterocycles. The van der Waals surface area contributed by atoms with E-state index in [1.54, 1.807) is 29.2 Å². The van der Waals surface area contributed by atoms with Gasteiger partial charge in [-0.3, -0.25) is 14.4 Å². The first-order valence-corrected chi connectivity index (χ1v) is 10.3. The van der Waals surface area contributed by atoms with E-state index in [1.165, 1.54) is 13.3 Å². The van der Waals surface area contributed by atoms with Gasteiger partial charge < -0.3 is 15.0 Å². The molecule has 2 amide bonds. The molecule has 0 bridgehead atoms. The number of carbonyl (C=O) groups excluding carboxylic acids is 3. The van der Waals surface area contributed by atoms with E-state index in [0.717, 1.165) is 38.5 Å². The molecule has 1 saturated heterocycles. The Labute approximate surface area is 166 Å². The van der Waals surface area contributed by atoms with E-state index in [2.05, 4.69) is 5.32 Å². The number of hydrogen-bond acceptors (Lipinski definition) is 4. The Morgan fingerprint density at radius 3 is 2.25 bits per heavy atom. The Hall–Kier alpha value is -2.37. The van der Waals surface area contributed by atoms with E-state index in [1.807, 2.05) is 0 Å². The summed E-state index contributed by atoms with van der Waals surface area (Å²) in [5, 5.41) is 3.18. The Kier molecular flexibility index (Phi) is 7.06. The fourth-order valence-corrected chi connectivity index (χ4v) is 3.98. The number of rotatable bonds is 6. The van der Waals surface area contributed by atoms with Gasteiger partial charge in [0.25, 0.3) is 5.91 Å². The van der Waals surface area contributed by atoms with Crippen molar-refractivity contribution in [2.75, 3.05) is 19.7 Å². The van der Waals surface area contributed by atoms with Crippen LogP contribution in [0.1, 0.15) is 62.2 Å². The SMILES string of the molecule is CC(=O)c1ccc(OCC(=O)N2CCC(NC(=O)C3CCCCC3)CC2)cc1. The zero-order valence-corrected chi connectivity index (χ0v) is 16.6. The highest BCUT2D eigenvalue weighted by molar-refractivity contribution is 5.94. The summed E-state index contributed by atoms with van der Waals surface area (Å²) >= 11 is 0. The molecule has 0 atom stereocenters. The number of nitrogens with one attached hydrogen (secondary N) is 1. The number of benzene rings is 1. The molecule has 2 aliphatic rings. The highest BCUT2D eigenvalue weighted by atomic mass is 16.5. The van der Waals surface area contributed by atoms with Crippen molar-refractivity contribution in [2.45, 2.75) is 57.9 Å². The smallest absolute Gasteiger partial charge is 0.260 e. The van der Waals surface area contributed by atoms with E-state index in [-0.39, 0.29) is 36.2 Å². The lowest BCUT2D eigenvalue weighted by atomic mass is 9.88. The zero-order chi connectivity index (χ0) is 19.9. The first kappa shape index (κ1) is 20.4. The molecule has 0 aromatic heterocycles. The van der Waals surface area contributed by atoms with Gasteiger partial charge in [-0.2, -0.15) is 0 Å². The van der Waals surface area contributed by atoms with Crippen LogP contribution in [0.15, 0.2) is 24.3 Å². The lowest BCUT2D eigenvalue weighted by molar-refractivity contribution is -0.134. The van der Waals surface area contributed by atoms with E-state index < -0.39 is 0 Å². The van der Waals surface area contributed by atoms with Crippen LogP contribution in [0, 0.1) is 5.92 Å². The molecule has 1 aromatic rings. The molecule has 1 N–H and O–H groups in total. The number of amides is 2. The van der Waals surface area contributed by atoms with Gasteiger partial charge in [-0.25, -0.2) is 0 Å². The van der Waals surface area contributed by atoms with Gasteiger partial charge in [0.2, 0.25) is 5.91 Å². The quantitative estimate of drug-likeness (QED) is 0.763. The molecule has 1 aromatic carbocycles. The molecule has 0 radical (unpaired) electrons. The Morgan fingerprint density at radius 2 is 1.64 bits per heavy atom. The van der Waals surface area contributed by atoms with Gasteiger partial charge in [0, 0.05) is 30.6 Å². The molecule has 1 saturated carbocycles. The molecular weight excluding hydrogens is 356 g/mol. The third-order valence-corrected chi connectivity index (χ3v) is 5.79. The van der Waals surface area contributed by atoms with Crippen LogP contribution in [0.25, 0.3) is 0 Å². The van der Waals surface area contributed by atoms with Crippen LogP contribution in [0.2, 0.25) is 0 Å². The highest BCUT2D eigenvalue weighted by Gasteiger charge is 2.27. The molecule has 2 fully saturated rings. The number of Topliss-reactive ketones (excluding diaryl/α,β-unsaturated/α-hetero) is 1. The van der Waals surface area contributed by atoms with Crippen LogP contribution < -0.4 is 10.1 Å². The van der Waals surface area contributed by atoms with Gasteiger partial charge in [0.05, 0.1) is 0 Å². The van der Waals surface area contributed by atoms with E-state index in [0.29, 0.717) is 24.4 Å². The van der Waals surface area contributed by atoms with Crippen molar-refractivity contribution in [3.8, 4) is 5.75 Å². The molecule has 28 heavy (non-hydrogen) atoms. The van der Waals surface area contributed by atoms with Gasteiger partial charge in [0.1, 0.15) is 5.75 Å². The number of ether oxygens (including phenoxy) is 1. The van der Waals surface area contributed by atoms with Gasteiger partial charge in [-0.1, -0.05) is 19.3 Å². The van der Waals surface area contributed by atoms with Gasteiger partial charge in [-0.05, 0) is 56.9 Å². The molecular formula is C22H30N2O4. The summed E-state index contributed by atoms with van der Waals surface area (Å²) in [6.45, 7) is 2.78. The van der Waals surface area contributed by atoms with Gasteiger partial charge >= 0.3 is 0 Å². The number of piperidine rings is 1. The third-order valence-electron chi connectivity index (χ3n) is 5.79. The molecule has 6 nitrogen and oxygen atoms in total. The van der Waals surface area contributed by atoms with Crippen molar-refractivity contribution < 1.29 is 19.1 Å². The number of likely N-dealkylation sites (tertiary alicyclic amines) is 1. The van der Waals surface area contributed by atoms with E-state index in [9.17, 15) is 14.4 Å². The summed E-state index contributed by atoms with van der Waals surface area (Å²) < 4.78 is 5.55. The van der Waals surface area contributed by atoms with Crippen LogP contribution in [0.4, 0.5) is 0 Å². The Balaban J connectivity index is 1.38. The van der Waals surface area contributed by atoms with Crippen LogP contribution in [-0.4, -0.2) is 48.2 Å². The Morgan fingerprint density at radius 1 is 1.00 bits per heavy atom. The third kappa shape index (κ3) is 5.57. The topological polar surface area (TPSA) is 75.7 Å². The second-order valence-electron chi connectivity index (χ2n) is 7.87. The van der Waals surface area contributed by atoms with Crippen LogP contribution in [0.3, 0.4) is 0 Å². The van der Waals surface area contributed by atoms with Crippen LogP contribution >= 0.6 is 0 Å². The molecule has 1 aliphatic carbocycles. The maximum absolute atomic E-state index is 12.4. The normalized spacial score (nSPS) is 18.5. The van der Waals surface area contributed by atoms with Gasteiger partial charge in [0.15, 0.2) is 12.4 Å². The molecule has 6 heteroatoms. The largest absolute Gasteiger partial charge is 0.484 e. The standard InChI is InChI=1S/C22H30N2O4/c1-16(25)17-7-9-20(10-8-17)28-15-21(26)24-13-11-19(12-14-24)23-22(27)18-5-3-2-4-6-18/h7-10,18-19H,2-6,11-15H2,1H3,(H,23,27). The summed E-state index contributed by atoms with van der Waals surface area (Å²) in [5.41, 5.74) is 0.621. The van der Waals surface area contributed by atoms with E-state index >= 15 is 0 Å². The maximum atomic E-state index is 12.4. The fourth-order valence-electron chi connectivity index (χ4n) is 3.98. The van der Waals surface area contributed by atoms with Crippen LogP contribution in [0.5, 0.6) is 5.75 Å². The number of hydrogen-bond donors (Lipinski definition) is 1. The first-order chi connectivity index (χ1) is 13.5. The summed E-state index contributed by atoms with van der Waals surface area (Å²) in [7, 11) is 0. The zero-order valence-electron chi connectivity index (χ0n) is 16.6. The van der Waals surface area contributed by atoms with Crippen molar-refractivity contribution in [3.63, 3.8) is 0 Å². The number of ketones is 1. The number of carbonyl (C=O) groups is 3. The van der Waals surface area contributed by atoms with Crippen molar-refractivity contribution in [3.05, 3.63) is 29.8 Å². The summed E-state index contributed by atoms with van der Waals surface area (Å²) in [6, 6.07) is 6.97. The summed E-state index contributed by atoms with van der Waals surface area (Å²) in [4.78, 5) is 37.8. The van der Waals surface area contributed by atoms with E-state index in [4.69, 9.17) is 4.74 Å². The van der Waals surface area contributed by atoms with Gasteiger partial charge in [-0.15, -0.1) is 0 Å². The van der Waals surface area contributed by atoms with Crippen molar-refractivity contribution in [2.24, 2.45) is 5.92 Å². The highest BCUT2D eigenvalue weighted by Crippen LogP contribution is 2.24. The second kappa shape index (κ2) is 9.71. The Bertz CT molecular complexity index is 687. The lowest BCUT2D eigenvalue weighted by Gasteiger charge is -2.33. The van der Waals surface area contributed by atoms with Crippen molar-refractivity contribution in [1.29, 1.82) is 0 Å². The van der Waals surface area contributed by atoms with Crippen molar-refractivity contribution >= 4 is 17.6 Å². The summed E-state index contributed by atoms with van der Waals surface area (Å²) in [5.74, 6) is 0.903. The molecule has 3 rings (SSSR count). The molecule has 0 spiro atoms. The lowest BCUT2D eigenvalue weighted by Crippen LogP contribution is -2.48. The average Bonchev–Trinajstić information content (AvgIpc) is 2.73. The monoisotopic (exact) mass is 386 g/mol. The second-order valence-corrected chi connectivity index (χ2v) is 7.87. The first-order valence-electron chi connectivity index (χ1n) is 10.3. The minimum absolute atomic E-state index is 0.000996. The minimum atomic E-state index is -0.0484. The van der Waals surface area contributed by atoms with Crippen LogP contribution in [-0.2, 0) is 9.59 Å². The molecule has 152 valence electrons. The van der Waals surface area contributed by atoms with Crippen molar-refractivity contribution in [1.82, 2.24) is 10.2 Å². The average molecular weight is 386 g/mol. The molecule has 1 heterocycles. The predicted molar refractivity (Wildman–Crippen MR) is 106 cm³/mol. The molecule has 0 unspecified atom stereocenters. The minimum Gasteiger partial charge on any atom is -0.484 e. The fraction of sp³-hybridized carbons (Fsp3) is 0.591. The maximum Gasteiger partial charge on any atom is 0.260 e. The number of nitrogens with zero attached hydrogens (tertiary/aromatic N) is 1. The predicted octanol–water partition coefficient (Wildman–Crippen LogP) is 2.96. The summed E-state index contributed by atoms with van der Waals surface area (Å²) in [6.07, 6.45) is 7.15.